The smallest absolute Gasteiger partial charge is 0.248 e. The third kappa shape index (κ3) is 4.12. The average molecular weight is 391 g/mol. The number of para-hydroxylation sites is 1. The number of rotatable bonds is 6. The number of nitrogens with zero attached hydrogens (tertiary/aromatic N) is 2. The molecule has 0 atom stereocenters. The van der Waals surface area contributed by atoms with E-state index >= 15 is 0 Å². The van der Waals surface area contributed by atoms with Crippen molar-refractivity contribution in [2.24, 2.45) is 0 Å². The predicted molar refractivity (Wildman–Crippen MR) is 106 cm³/mol. The van der Waals surface area contributed by atoms with Gasteiger partial charge in [-0.3, -0.25) is 9.48 Å². The molecule has 1 aliphatic carbocycles. The van der Waals surface area contributed by atoms with Crippen LogP contribution in [0.5, 0.6) is 5.75 Å². The number of amides is 1. The number of benzene rings is 1. The van der Waals surface area contributed by atoms with E-state index in [0.29, 0.717) is 12.6 Å². The second-order valence-electron chi connectivity index (χ2n) is 7.19. The van der Waals surface area contributed by atoms with E-state index in [9.17, 15) is 4.79 Å². The third-order valence-electron chi connectivity index (χ3n) is 5.55. The number of piperidine rings is 1. The lowest BCUT2D eigenvalue weighted by Gasteiger charge is -2.36. The SMILES string of the molecule is Cl.O=C(NCc1ccccc1OC1CCC1)C1(n2cccn2)CCNCC1. The minimum Gasteiger partial charge on any atom is -0.490 e. The van der Waals surface area contributed by atoms with E-state index in [1.807, 2.05) is 41.2 Å². The van der Waals surface area contributed by atoms with Crippen molar-refractivity contribution >= 4 is 18.3 Å². The molecule has 1 aliphatic heterocycles. The van der Waals surface area contributed by atoms with Crippen LogP contribution in [0.3, 0.4) is 0 Å². The number of nitrogens with one attached hydrogen (secondary N) is 2. The van der Waals surface area contributed by atoms with Crippen LogP contribution in [0.1, 0.15) is 37.7 Å². The van der Waals surface area contributed by atoms with Crippen molar-refractivity contribution < 1.29 is 9.53 Å². The van der Waals surface area contributed by atoms with Gasteiger partial charge in [0.05, 0.1) is 6.10 Å². The highest BCUT2D eigenvalue weighted by Crippen LogP contribution is 2.29. The summed E-state index contributed by atoms with van der Waals surface area (Å²) in [6.07, 6.45) is 8.90. The molecule has 7 heteroatoms. The van der Waals surface area contributed by atoms with Gasteiger partial charge in [0.15, 0.2) is 0 Å². The van der Waals surface area contributed by atoms with Crippen molar-refractivity contribution in [3.8, 4) is 5.75 Å². The molecule has 0 spiro atoms. The zero-order valence-corrected chi connectivity index (χ0v) is 16.2. The van der Waals surface area contributed by atoms with Crippen molar-refractivity contribution in [1.29, 1.82) is 0 Å². The fraction of sp³-hybridized carbons (Fsp3) is 0.500. The molecule has 1 saturated carbocycles. The normalized spacial score (nSPS) is 18.8. The Balaban J connectivity index is 0.00000210. The number of carbonyl (C=O) groups is 1. The minimum atomic E-state index is -0.613. The molecule has 1 saturated heterocycles. The summed E-state index contributed by atoms with van der Waals surface area (Å²) in [6, 6.07) is 9.87. The molecule has 2 aromatic rings. The van der Waals surface area contributed by atoms with Crippen molar-refractivity contribution in [3.05, 3.63) is 48.3 Å². The topological polar surface area (TPSA) is 68.2 Å². The summed E-state index contributed by atoms with van der Waals surface area (Å²) >= 11 is 0. The highest BCUT2D eigenvalue weighted by atomic mass is 35.5. The summed E-state index contributed by atoms with van der Waals surface area (Å²) in [5, 5.41) is 10.8. The highest BCUT2D eigenvalue weighted by Gasteiger charge is 2.41. The average Bonchev–Trinajstić information content (AvgIpc) is 3.19. The quantitative estimate of drug-likeness (QED) is 0.795. The molecule has 1 aromatic heterocycles. The molecule has 2 N–H and O–H groups in total. The Morgan fingerprint density at radius 1 is 1.26 bits per heavy atom. The number of hydrogen-bond donors (Lipinski definition) is 2. The molecule has 0 radical (unpaired) electrons. The van der Waals surface area contributed by atoms with E-state index in [1.165, 1.54) is 6.42 Å². The molecule has 0 bridgehead atoms. The van der Waals surface area contributed by atoms with Crippen LogP contribution < -0.4 is 15.4 Å². The maximum atomic E-state index is 13.2. The van der Waals surface area contributed by atoms with Gasteiger partial charge >= 0.3 is 0 Å². The number of ether oxygens (including phenoxy) is 1. The highest BCUT2D eigenvalue weighted by molar-refractivity contribution is 5.85. The van der Waals surface area contributed by atoms with E-state index in [4.69, 9.17) is 4.74 Å². The Kier molecular flexibility index (Phi) is 6.39. The van der Waals surface area contributed by atoms with Crippen LogP contribution in [0.4, 0.5) is 0 Å². The molecular formula is C20H27ClN4O2. The Morgan fingerprint density at radius 2 is 2.04 bits per heavy atom. The molecule has 6 nitrogen and oxygen atoms in total. The molecular weight excluding hydrogens is 364 g/mol. The molecule has 2 fully saturated rings. The first-order valence-electron chi connectivity index (χ1n) is 9.52. The lowest BCUT2D eigenvalue weighted by Crippen LogP contribution is -2.54. The summed E-state index contributed by atoms with van der Waals surface area (Å²) in [5.41, 5.74) is 0.413. The number of halogens is 1. The third-order valence-corrected chi connectivity index (χ3v) is 5.55. The first kappa shape index (κ1) is 19.7. The van der Waals surface area contributed by atoms with Gasteiger partial charge in [-0.05, 0) is 57.3 Å². The molecule has 146 valence electrons. The largest absolute Gasteiger partial charge is 0.490 e. The summed E-state index contributed by atoms with van der Waals surface area (Å²) in [6.45, 7) is 2.10. The Bertz CT molecular complexity index is 740. The maximum Gasteiger partial charge on any atom is 0.248 e. The van der Waals surface area contributed by atoms with Crippen molar-refractivity contribution in [3.63, 3.8) is 0 Å². The van der Waals surface area contributed by atoms with Gasteiger partial charge in [0.25, 0.3) is 0 Å². The van der Waals surface area contributed by atoms with Crippen LogP contribution in [-0.4, -0.2) is 34.9 Å². The van der Waals surface area contributed by atoms with Crippen LogP contribution >= 0.6 is 12.4 Å². The van der Waals surface area contributed by atoms with E-state index in [2.05, 4.69) is 15.7 Å². The van der Waals surface area contributed by atoms with Crippen LogP contribution in [0.2, 0.25) is 0 Å². The fourth-order valence-corrected chi connectivity index (χ4v) is 3.70. The van der Waals surface area contributed by atoms with Crippen LogP contribution in [0.15, 0.2) is 42.7 Å². The zero-order valence-electron chi connectivity index (χ0n) is 15.4. The number of carbonyl (C=O) groups excluding carboxylic acids is 1. The Morgan fingerprint density at radius 3 is 2.70 bits per heavy atom. The maximum absolute atomic E-state index is 13.2. The molecule has 4 rings (SSSR count). The van der Waals surface area contributed by atoms with E-state index in [-0.39, 0.29) is 18.3 Å². The molecule has 0 unspecified atom stereocenters. The van der Waals surface area contributed by atoms with Crippen LogP contribution in [0, 0.1) is 0 Å². The fourth-order valence-electron chi connectivity index (χ4n) is 3.70. The summed E-state index contributed by atoms with van der Waals surface area (Å²) in [5.74, 6) is 0.914. The molecule has 1 aromatic carbocycles. The van der Waals surface area contributed by atoms with Gasteiger partial charge in [0.1, 0.15) is 11.3 Å². The van der Waals surface area contributed by atoms with Gasteiger partial charge in [-0.2, -0.15) is 5.10 Å². The predicted octanol–water partition coefficient (Wildman–Crippen LogP) is 2.63. The Labute approximate surface area is 166 Å². The minimum absolute atomic E-state index is 0. The van der Waals surface area contributed by atoms with Gasteiger partial charge in [-0.25, -0.2) is 0 Å². The van der Waals surface area contributed by atoms with E-state index < -0.39 is 5.54 Å². The lowest BCUT2D eigenvalue weighted by molar-refractivity contribution is -0.132. The van der Waals surface area contributed by atoms with Gasteiger partial charge in [0.2, 0.25) is 5.91 Å². The van der Waals surface area contributed by atoms with Crippen molar-refractivity contribution in [2.45, 2.75) is 50.3 Å². The van der Waals surface area contributed by atoms with Crippen molar-refractivity contribution in [2.75, 3.05) is 13.1 Å². The number of aromatic nitrogens is 2. The van der Waals surface area contributed by atoms with Crippen LogP contribution in [-0.2, 0) is 16.9 Å². The van der Waals surface area contributed by atoms with E-state index in [1.54, 1.807) is 6.20 Å². The summed E-state index contributed by atoms with van der Waals surface area (Å²) in [7, 11) is 0. The summed E-state index contributed by atoms with van der Waals surface area (Å²) < 4.78 is 7.90. The van der Waals surface area contributed by atoms with Gasteiger partial charge in [-0.15, -0.1) is 12.4 Å². The van der Waals surface area contributed by atoms with Gasteiger partial charge in [0, 0.05) is 24.5 Å². The van der Waals surface area contributed by atoms with Gasteiger partial charge < -0.3 is 15.4 Å². The summed E-state index contributed by atoms with van der Waals surface area (Å²) in [4.78, 5) is 13.2. The molecule has 27 heavy (non-hydrogen) atoms. The van der Waals surface area contributed by atoms with Crippen LogP contribution in [0.25, 0.3) is 0 Å². The zero-order chi connectivity index (χ0) is 17.8. The molecule has 2 aliphatic rings. The molecule has 1 amide bonds. The monoisotopic (exact) mass is 390 g/mol. The standard InChI is InChI=1S/C20H26N4O2.ClH/c25-19(20(9-12-21-13-10-20)24-14-4-11-23-24)22-15-16-5-1-2-8-18(16)26-17-6-3-7-17;/h1-2,4-5,8,11,14,17,21H,3,6-7,9-10,12-13,15H2,(H,22,25);1H. The number of hydrogen-bond acceptors (Lipinski definition) is 4. The second kappa shape index (κ2) is 8.76. The Hall–Kier alpha value is -2.05. The first-order valence-corrected chi connectivity index (χ1v) is 9.52. The van der Waals surface area contributed by atoms with E-state index in [0.717, 1.165) is 50.1 Å². The second-order valence-corrected chi connectivity index (χ2v) is 7.19. The first-order chi connectivity index (χ1) is 12.8. The van der Waals surface area contributed by atoms with Gasteiger partial charge in [-0.1, -0.05) is 18.2 Å². The lowest BCUT2D eigenvalue weighted by atomic mass is 9.87. The van der Waals surface area contributed by atoms with Crippen molar-refractivity contribution in [1.82, 2.24) is 20.4 Å². The molecule has 2 heterocycles.